The molecule has 0 radical (unpaired) electrons. The van der Waals surface area contributed by atoms with Gasteiger partial charge in [-0.3, -0.25) is 4.79 Å². The third-order valence-corrected chi connectivity index (χ3v) is 2.61. The van der Waals surface area contributed by atoms with E-state index in [1.165, 1.54) is 25.7 Å². The average Bonchev–Trinajstić information content (AvgIpc) is 2.13. The van der Waals surface area contributed by atoms with Crippen molar-refractivity contribution in [1.82, 2.24) is 0 Å². The zero-order chi connectivity index (χ0) is 10.2. The first-order valence-electron chi connectivity index (χ1n) is 5.74. The highest BCUT2D eigenvalue weighted by Crippen LogP contribution is 2.17. The summed E-state index contributed by atoms with van der Waals surface area (Å²) in [5.41, 5.74) is 1.04. The summed E-state index contributed by atoms with van der Waals surface area (Å²) in [6, 6.07) is 0. The van der Waals surface area contributed by atoms with E-state index in [-0.39, 0.29) is 5.78 Å². The second-order valence-electron chi connectivity index (χ2n) is 3.86. The Kier molecular flexibility index (Phi) is 5.28. The van der Waals surface area contributed by atoms with Crippen LogP contribution in [0.4, 0.5) is 0 Å². The van der Waals surface area contributed by atoms with Crippen LogP contribution in [0.1, 0.15) is 51.9 Å². The Morgan fingerprint density at radius 1 is 1.36 bits per heavy atom. The highest BCUT2D eigenvalue weighted by atomic mass is 16.1. The molecule has 1 heteroatoms. The first-order valence-corrected chi connectivity index (χ1v) is 5.74. The van der Waals surface area contributed by atoms with Gasteiger partial charge in [-0.1, -0.05) is 31.9 Å². The molecule has 0 bridgehead atoms. The number of ketones is 1. The molecule has 0 atom stereocenters. The van der Waals surface area contributed by atoms with E-state index < -0.39 is 0 Å². The largest absolute Gasteiger partial charge is 0.290 e. The fourth-order valence-electron chi connectivity index (χ4n) is 1.75. The lowest BCUT2D eigenvalue weighted by atomic mass is 9.97. The Bertz CT molecular complexity index is 236. The van der Waals surface area contributed by atoms with Crippen LogP contribution in [0.15, 0.2) is 23.8 Å². The highest BCUT2D eigenvalue weighted by Gasteiger charge is 2.07. The molecule has 1 aliphatic rings. The summed E-state index contributed by atoms with van der Waals surface area (Å²) >= 11 is 0. The number of hydrogen-bond donors (Lipinski definition) is 0. The molecule has 0 aromatic carbocycles. The highest BCUT2D eigenvalue weighted by molar-refractivity contribution is 6.03. The molecular weight excluding hydrogens is 172 g/mol. The molecule has 0 heterocycles. The minimum atomic E-state index is 0.230. The summed E-state index contributed by atoms with van der Waals surface area (Å²) < 4.78 is 0. The molecule has 1 rings (SSSR count). The second kappa shape index (κ2) is 6.58. The molecule has 0 aromatic rings. The summed E-state index contributed by atoms with van der Waals surface area (Å²) in [4.78, 5) is 11.7. The van der Waals surface area contributed by atoms with Crippen LogP contribution in [0.5, 0.6) is 0 Å². The van der Waals surface area contributed by atoms with E-state index in [9.17, 15) is 4.79 Å². The van der Waals surface area contributed by atoms with Gasteiger partial charge in [0.25, 0.3) is 0 Å². The SMILES string of the molecule is CC/C=C/C(=O)/C1=C/CCCCCC1. The normalized spacial score (nSPS) is 22.5. The van der Waals surface area contributed by atoms with Crippen molar-refractivity contribution in [3.8, 4) is 0 Å². The first-order chi connectivity index (χ1) is 6.84. The monoisotopic (exact) mass is 192 g/mol. The summed E-state index contributed by atoms with van der Waals surface area (Å²) in [6.45, 7) is 2.05. The van der Waals surface area contributed by atoms with Gasteiger partial charge in [-0.25, -0.2) is 0 Å². The second-order valence-corrected chi connectivity index (χ2v) is 3.86. The molecule has 0 amide bonds. The van der Waals surface area contributed by atoms with E-state index in [2.05, 4.69) is 13.0 Å². The smallest absolute Gasteiger partial charge is 0.181 e. The fraction of sp³-hybridized carbons (Fsp3) is 0.615. The van der Waals surface area contributed by atoms with Gasteiger partial charge in [0.2, 0.25) is 0 Å². The van der Waals surface area contributed by atoms with Gasteiger partial charge in [-0.2, -0.15) is 0 Å². The summed E-state index contributed by atoms with van der Waals surface area (Å²) in [5.74, 6) is 0.230. The predicted molar refractivity (Wildman–Crippen MR) is 60.2 cm³/mol. The summed E-state index contributed by atoms with van der Waals surface area (Å²) in [6.07, 6.45) is 13.8. The number of carbonyl (C=O) groups excluding carboxylic acids is 1. The summed E-state index contributed by atoms with van der Waals surface area (Å²) in [7, 11) is 0. The number of rotatable bonds is 3. The van der Waals surface area contributed by atoms with Crippen LogP contribution in [-0.4, -0.2) is 5.78 Å². The van der Waals surface area contributed by atoms with Crippen LogP contribution in [0, 0.1) is 0 Å². The van der Waals surface area contributed by atoms with Crippen molar-refractivity contribution < 1.29 is 4.79 Å². The summed E-state index contributed by atoms with van der Waals surface area (Å²) in [5, 5.41) is 0. The Morgan fingerprint density at radius 2 is 2.14 bits per heavy atom. The van der Waals surface area contributed by atoms with Gasteiger partial charge < -0.3 is 0 Å². The molecule has 14 heavy (non-hydrogen) atoms. The van der Waals surface area contributed by atoms with Crippen molar-refractivity contribution in [2.75, 3.05) is 0 Å². The lowest BCUT2D eigenvalue weighted by molar-refractivity contribution is -0.111. The van der Waals surface area contributed by atoms with E-state index >= 15 is 0 Å². The van der Waals surface area contributed by atoms with Crippen LogP contribution in [0.2, 0.25) is 0 Å². The van der Waals surface area contributed by atoms with Gasteiger partial charge in [0.15, 0.2) is 5.78 Å². The lowest BCUT2D eigenvalue weighted by Gasteiger charge is -2.08. The Balaban J connectivity index is 2.54. The van der Waals surface area contributed by atoms with Crippen LogP contribution >= 0.6 is 0 Å². The molecule has 0 fully saturated rings. The van der Waals surface area contributed by atoms with E-state index in [1.54, 1.807) is 6.08 Å². The molecule has 1 aliphatic carbocycles. The van der Waals surface area contributed by atoms with Gasteiger partial charge in [0.05, 0.1) is 0 Å². The van der Waals surface area contributed by atoms with Crippen LogP contribution < -0.4 is 0 Å². The topological polar surface area (TPSA) is 17.1 Å². The van der Waals surface area contributed by atoms with Crippen molar-refractivity contribution >= 4 is 5.78 Å². The van der Waals surface area contributed by atoms with Crippen LogP contribution in [0.25, 0.3) is 0 Å². The number of carbonyl (C=O) groups is 1. The number of allylic oxidation sites excluding steroid dienone is 4. The third-order valence-electron chi connectivity index (χ3n) is 2.61. The maximum absolute atomic E-state index is 11.7. The molecule has 1 nitrogen and oxygen atoms in total. The van der Waals surface area contributed by atoms with Crippen molar-refractivity contribution in [3.05, 3.63) is 23.8 Å². The van der Waals surface area contributed by atoms with Crippen LogP contribution in [0.3, 0.4) is 0 Å². The van der Waals surface area contributed by atoms with Gasteiger partial charge in [-0.15, -0.1) is 0 Å². The Labute approximate surface area is 86.9 Å². The molecule has 0 saturated carbocycles. The quantitative estimate of drug-likeness (QED) is 0.621. The van der Waals surface area contributed by atoms with E-state index in [0.29, 0.717) is 0 Å². The maximum atomic E-state index is 11.7. The first kappa shape index (κ1) is 11.2. The molecule has 0 spiro atoms. The number of hydrogen-bond acceptors (Lipinski definition) is 1. The van der Waals surface area contributed by atoms with E-state index in [0.717, 1.165) is 24.8 Å². The van der Waals surface area contributed by atoms with Crippen molar-refractivity contribution in [1.29, 1.82) is 0 Å². The van der Waals surface area contributed by atoms with Crippen LogP contribution in [-0.2, 0) is 4.79 Å². The molecule has 0 aromatic heterocycles. The van der Waals surface area contributed by atoms with Gasteiger partial charge in [-0.05, 0) is 43.8 Å². The standard InChI is InChI=1S/C13H20O/c1-2-3-11-13(14)12-9-7-5-4-6-8-10-12/h3,9,11H,2,4-8,10H2,1H3/b11-3+,12-9+. The van der Waals surface area contributed by atoms with E-state index in [4.69, 9.17) is 0 Å². The predicted octanol–water partition coefficient (Wildman–Crippen LogP) is 3.80. The maximum Gasteiger partial charge on any atom is 0.181 e. The average molecular weight is 192 g/mol. The van der Waals surface area contributed by atoms with Gasteiger partial charge >= 0.3 is 0 Å². The molecule has 0 unspecified atom stereocenters. The molecule has 78 valence electrons. The van der Waals surface area contributed by atoms with Crippen molar-refractivity contribution in [2.45, 2.75) is 51.9 Å². The van der Waals surface area contributed by atoms with Crippen molar-refractivity contribution in [3.63, 3.8) is 0 Å². The zero-order valence-electron chi connectivity index (χ0n) is 9.09. The fourth-order valence-corrected chi connectivity index (χ4v) is 1.75. The van der Waals surface area contributed by atoms with E-state index in [1.807, 2.05) is 6.08 Å². The Morgan fingerprint density at radius 3 is 2.93 bits per heavy atom. The minimum Gasteiger partial charge on any atom is -0.290 e. The molecule has 0 N–H and O–H groups in total. The zero-order valence-corrected chi connectivity index (χ0v) is 9.09. The molecule has 0 saturated heterocycles. The molecule has 0 aliphatic heterocycles. The molecular formula is C13H20O. The van der Waals surface area contributed by atoms with Crippen molar-refractivity contribution in [2.24, 2.45) is 0 Å². The lowest BCUT2D eigenvalue weighted by Crippen LogP contribution is -2.00. The van der Waals surface area contributed by atoms with Gasteiger partial charge in [0.1, 0.15) is 0 Å². The third kappa shape index (κ3) is 3.91. The minimum absolute atomic E-state index is 0.230. The van der Waals surface area contributed by atoms with Gasteiger partial charge in [0, 0.05) is 0 Å². The Hall–Kier alpha value is -0.850.